The molecule has 0 aromatic rings. The Morgan fingerprint density at radius 1 is 0.692 bits per heavy atom. The Kier molecular flexibility index (Phi) is 6.54. The molecule has 0 aromatic heterocycles. The van der Waals surface area contributed by atoms with Crippen LogP contribution in [0.5, 0.6) is 0 Å². The molecule has 0 radical (unpaired) electrons. The van der Waals surface area contributed by atoms with E-state index in [4.69, 9.17) is 97.5 Å². The predicted molar refractivity (Wildman–Crippen MR) is 60.9 cm³/mol. The van der Waals surface area contributed by atoms with E-state index >= 15 is 0 Å². The topological polar surface area (TPSA) is 9.23 Å². The van der Waals surface area contributed by atoms with Crippen LogP contribution in [0, 0.1) is 0 Å². The SMILES string of the molecule is ClC(OC(Cl)C(Cl)(Cl)Cl)C(Cl)(Cl)Cl. The highest BCUT2D eigenvalue weighted by atomic mass is 35.6. The van der Waals surface area contributed by atoms with E-state index in [2.05, 4.69) is 0 Å². The van der Waals surface area contributed by atoms with E-state index in [0.717, 1.165) is 0 Å². The number of rotatable bonds is 2. The molecule has 9 heteroatoms. The minimum atomic E-state index is -1.84. The molecule has 0 aliphatic heterocycles. The Hall–Kier alpha value is 2.28. The van der Waals surface area contributed by atoms with Gasteiger partial charge in [-0.3, -0.25) is 0 Å². The molecule has 80 valence electrons. The lowest BCUT2D eigenvalue weighted by atomic mass is 10.7. The Morgan fingerprint density at radius 2 is 0.923 bits per heavy atom. The van der Waals surface area contributed by atoms with Gasteiger partial charge >= 0.3 is 0 Å². The predicted octanol–water partition coefficient (Wildman–Crippen LogP) is 4.87. The van der Waals surface area contributed by atoms with Crippen molar-refractivity contribution in [2.24, 2.45) is 0 Å². The van der Waals surface area contributed by atoms with E-state index in [-0.39, 0.29) is 0 Å². The summed E-state index contributed by atoms with van der Waals surface area (Å²) in [7, 11) is 0. The molecule has 0 bridgehead atoms. The zero-order valence-corrected chi connectivity index (χ0v) is 11.6. The van der Waals surface area contributed by atoms with Gasteiger partial charge in [-0.25, -0.2) is 0 Å². The highest BCUT2D eigenvalue weighted by molar-refractivity contribution is 6.71. The van der Waals surface area contributed by atoms with Crippen molar-refractivity contribution in [3.8, 4) is 0 Å². The van der Waals surface area contributed by atoms with Crippen LogP contribution in [0.25, 0.3) is 0 Å². The molecule has 0 aliphatic rings. The minimum absolute atomic E-state index is 1.31. The fourth-order valence-electron chi connectivity index (χ4n) is 0.259. The van der Waals surface area contributed by atoms with Crippen molar-refractivity contribution in [3.63, 3.8) is 0 Å². The van der Waals surface area contributed by atoms with Crippen molar-refractivity contribution in [1.82, 2.24) is 0 Å². The Balaban J connectivity index is 4.15. The largest absolute Gasteiger partial charge is 0.334 e. The molecular formula is C4H2Cl8O. The second-order valence-electron chi connectivity index (χ2n) is 1.85. The van der Waals surface area contributed by atoms with Gasteiger partial charge in [0.15, 0.2) is 11.1 Å². The van der Waals surface area contributed by atoms with Gasteiger partial charge in [-0.1, -0.05) is 92.8 Å². The second kappa shape index (κ2) is 5.56. The molecular weight excluding hydrogens is 348 g/mol. The van der Waals surface area contributed by atoms with Crippen molar-refractivity contribution >= 4 is 92.8 Å². The first kappa shape index (κ1) is 15.3. The van der Waals surface area contributed by atoms with Crippen LogP contribution in [0.15, 0.2) is 0 Å². The van der Waals surface area contributed by atoms with E-state index in [9.17, 15) is 0 Å². The van der Waals surface area contributed by atoms with Crippen LogP contribution in [0.2, 0.25) is 0 Å². The van der Waals surface area contributed by atoms with Gasteiger partial charge in [0.25, 0.3) is 0 Å². The summed E-state index contributed by atoms with van der Waals surface area (Å²) in [6.45, 7) is 0. The van der Waals surface area contributed by atoms with E-state index in [0.29, 0.717) is 0 Å². The summed E-state index contributed by atoms with van der Waals surface area (Å²) >= 11 is 43.1. The van der Waals surface area contributed by atoms with Crippen LogP contribution in [-0.2, 0) is 4.74 Å². The van der Waals surface area contributed by atoms with Crippen LogP contribution < -0.4 is 0 Å². The highest BCUT2D eigenvalue weighted by Gasteiger charge is 2.39. The van der Waals surface area contributed by atoms with Crippen LogP contribution in [-0.4, -0.2) is 18.7 Å². The van der Waals surface area contributed by atoms with Crippen molar-refractivity contribution in [3.05, 3.63) is 0 Å². The Labute approximate surface area is 115 Å². The third-order valence-electron chi connectivity index (χ3n) is 0.754. The smallest absolute Gasteiger partial charge is 0.230 e. The van der Waals surface area contributed by atoms with Crippen LogP contribution >= 0.6 is 92.8 Å². The fourth-order valence-corrected chi connectivity index (χ4v) is 0.826. The normalized spacial score (nSPS) is 18.5. The van der Waals surface area contributed by atoms with Crippen LogP contribution in [0.1, 0.15) is 0 Å². The molecule has 0 spiro atoms. The maximum absolute atomic E-state index is 5.48. The lowest BCUT2D eigenvalue weighted by Gasteiger charge is -2.24. The fraction of sp³-hybridized carbons (Fsp3) is 1.00. The molecule has 1 nitrogen and oxygen atoms in total. The average molecular weight is 350 g/mol. The Morgan fingerprint density at radius 3 is 1.08 bits per heavy atom. The van der Waals surface area contributed by atoms with Gasteiger partial charge < -0.3 is 4.74 Å². The minimum Gasteiger partial charge on any atom is -0.334 e. The standard InChI is InChI=1S/C4H2Cl8O/c5-1(3(7,8)9)13-2(6)4(10,11)12/h1-2H. The van der Waals surface area contributed by atoms with E-state index in [1.165, 1.54) is 0 Å². The molecule has 0 aromatic carbocycles. The van der Waals surface area contributed by atoms with Crippen molar-refractivity contribution in [2.75, 3.05) is 0 Å². The summed E-state index contributed by atoms with van der Waals surface area (Å²) in [5.41, 5.74) is -2.62. The lowest BCUT2D eigenvalue weighted by Crippen LogP contribution is -2.32. The second-order valence-corrected chi connectivity index (χ2v) is 7.38. The monoisotopic (exact) mass is 346 g/mol. The van der Waals surface area contributed by atoms with E-state index < -0.39 is 18.7 Å². The van der Waals surface area contributed by atoms with Crippen LogP contribution in [0.3, 0.4) is 0 Å². The van der Waals surface area contributed by atoms with Crippen molar-refractivity contribution < 1.29 is 4.74 Å². The quantitative estimate of drug-likeness (QED) is 0.646. The number of halogens is 8. The molecule has 13 heavy (non-hydrogen) atoms. The van der Waals surface area contributed by atoms with Crippen LogP contribution in [0.4, 0.5) is 0 Å². The van der Waals surface area contributed by atoms with Gasteiger partial charge in [0.05, 0.1) is 0 Å². The molecule has 0 saturated heterocycles. The van der Waals surface area contributed by atoms with Gasteiger partial charge in [-0.15, -0.1) is 0 Å². The summed E-state index contributed by atoms with van der Waals surface area (Å²) in [6.07, 6.45) is 0. The highest BCUT2D eigenvalue weighted by Crippen LogP contribution is 2.40. The third-order valence-corrected chi connectivity index (χ3v) is 3.47. The van der Waals surface area contributed by atoms with Gasteiger partial charge in [0, 0.05) is 0 Å². The number of ether oxygens (including phenoxy) is 1. The number of hydrogen-bond donors (Lipinski definition) is 0. The molecule has 0 heterocycles. The maximum atomic E-state index is 5.48. The molecule has 0 amide bonds. The first-order valence-corrected chi connectivity index (χ1v) is 5.76. The Bertz CT molecular complexity index is 141. The molecule has 0 saturated carbocycles. The van der Waals surface area contributed by atoms with E-state index in [1.807, 2.05) is 0 Å². The first-order chi connectivity index (χ1) is 5.55. The average Bonchev–Trinajstić information content (AvgIpc) is 1.82. The summed E-state index contributed by atoms with van der Waals surface area (Å²) in [6, 6.07) is 0. The molecule has 0 N–H and O–H groups in total. The zero-order valence-electron chi connectivity index (χ0n) is 5.59. The number of alkyl halides is 8. The summed E-state index contributed by atoms with van der Waals surface area (Å²) in [4.78, 5) is 0. The van der Waals surface area contributed by atoms with Gasteiger partial charge in [0.2, 0.25) is 7.59 Å². The van der Waals surface area contributed by atoms with E-state index in [1.54, 1.807) is 0 Å². The maximum Gasteiger partial charge on any atom is 0.230 e. The molecule has 0 rings (SSSR count). The zero-order chi connectivity index (χ0) is 10.9. The summed E-state index contributed by atoms with van der Waals surface area (Å²) in [5, 5.41) is 0. The van der Waals surface area contributed by atoms with Gasteiger partial charge in [0.1, 0.15) is 0 Å². The molecule has 0 fully saturated rings. The summed E-state index contributed by atoms with van der Waals surface area (Å²) in [5.74, 6) is 0. The van der Waals surface area contributed by atoms with Crippen molar-refractivity contribution in [2.45, 2.75) is 18.7 Å². The van der Waals surface area contributed by atoms with Crippen molar-refractivity contribution in [1.29, 1.82) is 0 Å². The molecule has 2 unspecified atom stereocenters. The molecule has 0 aliphatic carbocycles. The number of hydrogen-bond acceptors (Lipinski definition) is 1. The third kappa shape index (κ3) is 6.44. The van der Waals surface area contributed by atoms with Gasteiger partial charge in [-0.05, 0) is 0 Å². The van der Waals surface area contributed by atoms with Gasteiger partial charge in [-0.2, -0.15) is 0 Å². The lowest BCUT2D eigenvalue weighted by molar-refractivity contribution is 0.0865. The molecule has 2 atom stereocenters. The first-order valence-electron chi connectivity index (χ1n) is 2.62. The summed E-state index contributed by atoms with van der Waals surface area (Å²) < 4.78 is 1.03.